The lowest BCUT2D eigenvalue weighted by atomic mass is 10.0. The summed E-state index contributed by atoms with van der Waals surface area (Å²) in [6, 6.07) is 3.22. The van der Waals surface area contributed by atoms with E-state index in [1.54, 1.807) is 6.08 Å². The summed E-state index contributed by atoms with van der Waals surface area (Å²) >= 11 is 0. The molecular formula is C13H18Cl2FN3O2. The van der Waals surface area contributed by atoms with Crippen molar-refractivity contribution in [3.8, 4) is 0 Å². The lowest BCUT2D eigenvalue weighted by molar-refractivity contribution is -0.385. The summed E-state index contributed by atoms with van der Waals surface area (Å²) in [5, 5.41) is 14.3. The fourth-order valence-corrected chi connectivity index (χ4v) is 2.36. The number of piperazine rings is 1. The van der Waals surface area contributed by atoms with E-state index in [0.717, 1.165) is 32.2 Å². The fourth-order valence-electron chi connectivity index (χ4n) is 2.36. The van der Waals surface area contributed by atoms with Gasteiger partial charge in [0.05, 0.1) is 16.5 Å². The van der Waals surface area contributed by atoms with E-state index in [2.05, 4.69) is 16.8 Å². The summed E-state index contributed by atoms with van der Waals surface area (Å²) in [6.07, 6.45) is 1.63. The first-order valence-electron chi connectivity index (χ1n) is 6.14. The maximum Gasteiger partial charge on any atom is 0.274 e. The lowest BCUT2D eigenvalue weighted by Crippen LogP contribution is -2.44. The maximum absolute atomic E-state index is 13.4. The third kappa shape index (κ3) is 4.64. The van der Waals surface area contributed by atoms with Crippen LogP contribution in [0.5, 0.6) is 0 Å². The SMILES string of the molecule is C=C[C@H](c1cc(F)ccc1[N+](=O)[O-])N1CCNCC1.Cl.Cl. The Kier molecular flexibility index (Phi) is 8.43. The van der Waals surface area contributed by atoms with Crippen LogP contribution in [0.1, 0.15) is 11.6 Å². The molecule has 0 aromatic heterocycles. The summed E-state index contributed by atoms with van der Waals surface area (Å²) in [4.78, 5) is 12.6. The van der Waals surface area contributed by atoms with Crippen molar-refractivity contribution in [2.24, 2.45) is 0 Å². The normalized spacial score (nSPS) is 16.2. The largest absolute Gasteiger partial charge is 0.314 e. The zero-order valence-corrected chi connectivity index (χ0v) is 13.0. The van der Waals surface area contributed by atoms with Gasteiger partial charge in [0, 0.05) is 32.2 Å². The molecule has 0 amide bonds. The molecule has 1 heterocycles. The van der Waals surface area contributed by atoms with Crippen molar-refractivity contribution < 1.29 is 9.31 Å². The quantitative estimate of drug-likeness (QED) is 0.521. The van der Waals surface area contributed by atoms with E-state index in [-0.39, 0.29) is 36.5 Å². The van der Waals surface area contributed by atoms with E-state index < -0.39 is 10.7 Å². The molecule has 0 unspecified atom stereocenters. The Morgan fingerprint density at radius 2 is 2.00 bits per heavy atom. The van der Waals surface area contributed by atoms with Crippen LogP contribution in [0, 0.1) is 15.9 Å². The molecule has 0 radical (unpaired) electrons. The van der Waals surface area contributed by atoms with Crippen molar-refractivity contribution in [2.75, 3.05) is 26.2 Å². The van der Waals surface area contributed by atoms with Gasteiger partial charge in [-0.15, -0.1) is 31.4 Å². The zero-order chi connectivity index (χ0) is 13.8. The van der Waals surface area contributed by atoms with Crippen molar-refractivity contribution in [1.29, 1.82) is 0 Å². The first-order valence-corrected chi connectivity index (χ1v) is 6.14. The standard InChI is InChI=1S/C13H16FN3O2.2ClH/c1-2-12(16-7-5-15-6-8-16)11-9-10(14)3-4-13(11)17(18)19;;/h2-4,9,12,15H,1,5-8H2;2*1H/t12-;;/m1../s1. The molecule has 8 heteroatoms. The van der Waals surface area contributed by atoms with Crippen molar-refractivity contribution >= 4 is 30.5 Å². The van der Waals surface area contributed by atoms with Crippen LogP contribution in [0.15, 0.2) is 30.9 Å². The van der Waals surface area contributed by atoms with E-state index in [4.69, 9.17) is 0 Å². The minimum atomic E-state index is -0.479. The van der Waals surface area contributed by atoms with Gasteiger partial charge >= 0.3 is 0 Å². The summed E-state index contributed by atoms with van der Waals surface area (Å²) in [5.41, 5.74) is 0.298. The molecule has 1 N–H and O–H groups in total. The number of halogens is 3. The zero-order valence-electron chi connectivity index (χ0n) is 11.3. The van der Waals surface area contributed by atoms with Gasteiger partial charge in [-0.05, 0) is 12.1 Å². The molecule has 1 aliphatic rings. The number of nitro benzene ring substituents is 1. The first-order chi connectivity index (χ1) is 9.13. The monoisotopic (exact) mass is 337 g/mol. The minimum absolute atomic E-state index is 0. The Balaban J connectivity index is 0.00000200. The molecule has 0 saturated carbocycles. The number of hydrogen-bond acceptors (Lipinski definition) is 4. The molecular weight excluding hydrogens is 320 g/mol. The second kappa shape index (κ2) is 8.94. The Bertz CT molecular complexity index is 496. The third-order valence-corrected chi connectivity index (χ3v) is 3.27. The predicted octanol–water partition coefficient (Wildman–Crippen LogP) is 2.71. The van der Waals surface area contributed by atoms with Crippen molar-refractivity contribution in [1.82, 2.24) is 10.2 Å². The molecule has 1 aromatic carbocycles. The van der Waals surface area contributed by atoms with Gasteiger partial charge < -0.3 is 5.32 Å². The van der Waals surface area contributed by atoms with Gasteiger partial charge in [0.15, 0.2) is 0 Å². The molecule has 1 aliphatic heterocycles. The predicted molar refractivity (Wildman–Crippen MR) is 84.9 cm³/mol. The van der Waals surface area contributed by atoms with Gasteiger partial charge in [-0.25, -0.2) is 4.39 Å². The van der Waals surface area contributed by atoms with Gasteiger partial charge in [-0.3, -0.25) is 15.0 Å². The summed E-state index contributed by atoms with van der Waals surface area (Å²) in [7, 11) is 0. The summed E-state index contributed by atoms with van der Waals surface area (Å²) in [6.45, 7) is 6.87. The fraction of sp³-hybridized carbons (Fsp3) is 0.385. The highest BCUT2D eigenvalue weighted by molar-refractivity contribution is 5.85. The van der Waals surface area contributed by atoms with Gasteiger partial charge in [0.25, 0.3) is 5.69 Å². The van der Waals surface area contributed by atoms with Crippen LogP contribution in [-0.2, 0) is 0 Å². The highest BCUT2D eigenvalue weighted by Gasteiger charge is 2.26. The number of nitrogens with one attached hydrogen (secondary N) is 1. The van der Waals surface area contributed by atoms with E-state index in [1.807, 2.05) is 0 Å². The average Bonchev–Trinajstić information content (AvgIpc) is 2.40. The van der Waals surface area contributed by atoms with Crippen molar-refractivity contribution in [2.45, 2.75) is 6.04 Å². The lowest BCUT2D eigenvalue weighted by Gasteiger charge is -2.33. The van der Waals surface area contributed by atoms with E-state index >= 15 is 0 Å². The molecule has 1 atom stereocenters. The highest BCUT2D eigenvalue weighted by atomic mass is 35.5. The Labute approximate surface area is 135 Å². The molecule has 1 aromatic rings. The number of nitrogens with zero attached hydrogens (tertiary/aromatic N) is 2. The molecule has 118 valence electrons. The third-order valence-electron chi connectivity index (χ3n) is 3.27. The topological polar surface area (TPSA) is 58.4 Å². The maximum atomic E-state index is 13.4. The minimum Gasteiger partial charge on any atom is -0.314 e. The van der Waals surface area contributed by atoms with Crippen LogP contribution in [0.3, 0.4) is 0 Å². The number of hydrogen-bond donors (Lipinski definition) is 1. The summed E-state index contributed by atoms with van der Waals surface area (Å²) in [5.74, 6) is -0.470. The van der Waals surface area contributed by atoms with Gasteiger partial charge in [0.1, 0.15) is 5.82 Å². The van der Waals surface area contributed by atoms with E-state index in [1.165, 1.54) is 12.1 Å². The number of benzene rings is 1. The smallest absolute Gasteiger partial charge is 0.274 e. The van der Waals surface area contributed by atoms with Gasteiger partial charge in [0.2, 0.25) is 0 Å². The van der Waals surface area contributed by atoms with E-state index in [0.29, 0.717) is 5.56 Å². The summed E-state index contributed by atoms with van der Waals surface area (Å²) < 4.78 is 13.4. The van der Waals surface area contributed by atoms with Crippen LogP contribution in [-0.4, -0.2) is 36.0 Å². The molecule has 5 nitrogen and oxygen atoms in total. The van der Waals surface area contributed by atoms with Crippen LogP contribution < -0.4 is 5.32 Å². The van der Waals surface area contributed by atoms with Gasteiger partial charge in [-0.2, -0.15) is 0 Å². The Morgan fingerprint density at radius 1 is 1.38 bits per heavy atom. The van der Waals surface area contributed by atoms with Crippen LogP contribution in [0.25, 0.3) is 0 Å². The number of rotatable bonds is 4. The van der Waals surface area contributed by atoms with Crippen LogP contribution in [0.2, 0.25) is 0 Å². The highest BCUT2D eigenvalue weighted by Crippen LogP contribution is 2.31. The number of nitro groups is 1. The first kappa shape index (κ1) is 19.8. The second-order valence-corrected chi connectivity index (χ2v) is 4.43. The van der Waals surface area contributed by atoms with Crippen molar-refractivity contribution in [3.05, 3.63) is 52.3 Å². The average molecular weight is 338 g/mol. The Morgan fingerprint density at radius 3 is 2.52 bits per heavy atom. The van der Waals surface area contributed by atoms with Crippen LogP contribution >= 0.6 is 24.8 Å². The van der Waals surface area contributed by atoms with E-state index in [9.17, 15) is 14.5 Å². The molecule has 1 saturated heterocycles. The Hall–Kier alpha value is -1.21. The molecule has 0 spiro atoms. The van der Waals surface area contributed by atoms with Gasteiger partial charge in [-0.1, -0.05) is 6.08 Å². The molecule has 0 aliphatic carbocycles. The second-order valence-electron chi connectivity index (χ2n) is 4.43. The van der Waals surface area contributed by atoms with Crippen LogP contribution in [0.4, 0.5) is 10.1 Å². The molecule has 0 bridgehead atoms. The molecule has 2 rings (SSSR count). The molecule has 1 fully saturated rings. The molecule has 21 heavy (non-hydrogen) atoms. The van der Waals surface area contributed by atoms with Crippen molar-refractivity contribution in [3.63, 3.8) is 0 Å².